The van der Waals surface area contributed by atoms with E-state index in [2.05, 4.69) is 36.0 Å². The summed E-state index contributed by atoms with van der Waals surface area (Å²) in [5.41, 5.74) is 0.120. The van der Waals surface area contributed by atoms with Crippen LogP contribution in [0, 0.1) is 17.3 Å². The average Bonchev–Trinajstić information content (AvgIpc) is 3.13. The topological polar surface area (TPSA) is 46.1 Å². The minimum Gasteiger partial charge on any atom is -0.379 e. The van der Waals surface area contributed by atoms with Crippen molar-refractivity contribution in [3.05, 3.63) is 0 Å². The number of fused-ring (bicyclic) bond motifs is 5. The first-order valence-electron chi connectivity index (χ1n) is 8.58. The van der Waals surface area contributed by atoms with E-state index in [9.17, 15) is 0 Å². The lowest BCUT2D eigenvalue weighted by molar-refractivity contribution is 0.0200. The summed E-state index contributed by atoms with van der Waals surface area (Å²) >= 11 is 0. The number of likely N-dealkylation sites (tertiary alicyclic amines) is 1. The zero-order valence-corrected chi connectivity index (χ0v) is 17.4. The highest BCUT2D eigenvalue weighted by molar-refractivity contribution is 14.0. The second kappa shape index (κ2) is 7.44. The van der Waals surface area contributed by atoms with Gasteiger partial charge < -0.3 is 19.7 Å². The van der Waals surface area contributed by atoms with Gasteiger partial charge in [-0.05, 0) is 18.3 Å². The monoisotopic (exact) mass is 437 g/mol. The van der Waals surface area contributed by atoms with Gasteiger partial charge in [-0.1, -0.05) is 20.8 Å². The lowest BCUT2D eigenvalue weighted by Crippen LogP contribution is -2.47. The van der Waals surface area contributed by atoms with Crippen molar-refractivity contribution in [1.29, 1.82) is 0 Å². The Morgan fingerprint density at radius 2 is 1.83 bits per heavy atom. The number of guanidine groups is 1. The number of rotatable bonds is 3. The van der Waals surface area contributed by atoms with Crippen LogP contribution >= 0.6 is 24.0 Å². The van der Waals surface area contributed by atoms with Crippen LogP contribution < -0.4 is 5.32 Å². The summed E-state index contributed by atoms with van der Waals surface area (Å²) in [6, 6.07) is 0. The second-order valence-electron chi connectivity index (χ2n) is 8.04. The predicted octanol–water partition coefficient (Wildman–Crippen LogP) is 2.35. The maximum Gasteiger partial charge on any atom is 0.193 e. The summed E-state index contributed by atoms with van der Waals surface area (Å²) in [5, 5.41) is 3.52. The van der Waals surface area contributed by atoms with Crippen LogP contribution in [0.15, 0.2) is 4.99 Å². The molecule has 3 heterocycles. The Kier molecular flexibility index (Phi) is 6.22. The molecule has 5 unspecified atom stereocenters. The number of methoxy groups -OCH3 is 1. The fourth-order valence-corrected chi connectivity index (χ4v) is 4.39. The molecule has 3 rings (SSSR count). The number of aliphatic imine (C=N–C) groups is 1. The van der Waals surface area contributed by atoms with Crippen molar-refractivity contribution in [2.45, 2.75) is 51.9 Å². The second-order valence-corrected chi connectivity index (χ2v) is 8.04. The van der Waals surface area contributed by atoms with Gasteiger partial charge in [-0.25, -0.2) is 0 Å². The lowest BCUT2D eigenvalue weighted by atomic mass is 9.82. The molecule has 0 aliphatic carbocycles. The molecule has 23 heavy (non-hydrogen) atoms. The van der Waals surface area contributed by atoms with Crippen LogP contribution in [0.1, 0.15) is 33.6 Å². The van der Waals surface area contributed by atoms with Crippen LogP contribution in [0.3, 0.4) is 0 Å². The normalized spacial score (nSPS) is 34.3. The molecule has 0 aromatic rings. The van der Waals surface area contributed by atoms with Gasteiger partial charge in [0.15, 0.2) is 5.96 Å². The van der Waals surface area contributed by atoms with E-state index in [0.717, 1.165) is 25.6 Å². The molecular weight excluding hydrogens is 405 g/mol. The van der Waals surface area contributed by atoms with Crippen molar-refractivity contribution >= 4 is 29.9 Å². The lowest BCUT2D eigenvalue weighted by Gasteiger charge is -2.31. The third-order valence-corrected chi connectivity index (χ3v) is 5.66. The summed E-state index contributed by atoms with van der Waals surface area (Å²) in [4.78, 5) is 6.91. The predicted molar refractivity (Wildman–Crippen MR) is 103 cm³/mol. The SMILES string of the molecule is CN=C(NCC(OC)C(C)(C)C)N1CC2C3CCC(O3)C2C1.I. The molecule has 0 amide bonds. The van der Waals surface area contributed by atoms with Gasteiger partial charge in [0.25, 0.3) is 0 Å². The first-order chi connectivity index (χ1) is 10.4. The van der Waals surface area contributed by atoms with E-state index in [1.807, 2.05) is 7.05 Å². The zero-order chi connectivity index (χ0) is 15.9. The van der Waals surface area contributed by atoms with Crippen molar-refractivity contribution in [3.8, 4) is 0 Å². The molecule has 2 bridgehead atoms. The molecular formula is C17H32IN3O2. The number of ether oxygens (including phenoxy) is 2. The third-order valence-electron chi connectivity index (χ3n) is 5.66. The molecule has 3 fully saturated rings. The maximum absolute atomic E-state index is 6.05. The summed E-state index contributed by atoms with van der Waals surface area (Å²) in [6.45, 7) is 9.59. The quantitative estimate of drug-likeness (QED) is 0.419. The molecule has 0 saturated carbocycles. The van der Waals surface area contributed by atoms with Crippen LogP contribution in [0.4, 0.5) is 0 Å². The Labute approximate surface area is 157 Å². The van der Waals surface area contributed by atoms with Gasteiger partial charge >= 0.3 is 0 Å². The summed E-state index contributed by atoms with van der Waals surface area (Å²) in [6.07, 6.45) is 3.67. The third kappa shape index (κ3) is 3.79. The molecule has 5 nitrogen and oxygen atoms in total. The van der Waals surface area contributed by atoms with Gasteiger partial charge in [0.05, 0.1) is 18.3 Å². The standard InChI is InChI=1S/C17H31N3O2.HI/c1-17(2,3)15(21-5)8-19-16(18-4)20-9-11-12(10-20)14-7-6-13(11)22-14;/h11-15H,6-10H2,1-5H3,(H,18,19);1H. The van der Waals surface area contributed by atoms with Crippen molar-refractivity contribution in [3.63, 3.8) is 0 Å². The van der Waals surface area contributed by atoms with Crippen LogP contribution in [0.5, 0.6) is 0 Å². The van der Waals surface area contributed by atoms with Crippen molar-refractivity contribution in [1.82, 2.24) is 10.2 Å². The van der Waals surface area contributed by atoms with E-state index in [0.29, 0.717) is 24.0 Å². The van der Waals surface area contributed by atoms with Gasteiger partial charge in [0, 0.05) is 45.6 Å². The first kappa shape index (κ1) is 19.2. The molecule has 0 aromatic carbocycles. The van der Waals surface area contributed by atoms with E-state index in [1.165, 1.54) is 12.8 Å². The van der Waals surface area contributed by atoms with Crippen molar-refractivity contribution < 1.29 is 9.47 Å². The van der Waals surface area contributed by atoms with E-state index in [-0.39, 0.29) is 35.5 Å². The number of nitrogens with one attached hydrogen (secondary N) is 1. The van der Waals surface area contributed by atoms with Gasteiger partial charge in [-0.2, -0.15) is 0 Å². The Balaban J connectivity index is 0.00000192. The Morgan fingerprint density at radius 1 is 1.26 bits per heavy atom. The summed E-state index contributed by atoms with van der Waals surface area (Å²) < 4.78 is 11.7. The smallest absolute Gasteiger partial charge is 0.193 e. The highest BCUT2D eigenvalue weighted by Crippen LogP contribution is 2.47. The number of nitrogens with zero attached hydrogens (tertiary/aromatic N) is 2. The van der Waals surface area contributed by atoms with Crippen LogP contribution in [-0.4, -0.2) is 63.0 Å². The summed E-state index contributed by atoms with van der Waals surface area (Å²) in [7, 11) is 3.66. The minimum absolute atomic E-state index is 0. The van der Waals surface area contributed by atoms with Crippen LogP contribution in [0.25, 0.3) is 0 Å². The molecule has 0 spiro atoms. The molecule has 0 radical (unpaired) electrons. The minimum atomic E-state index is 0. The van der Waals surface area contributed by atoms with Crippen molar-refractivity contribution in [2.75, 3.05) is 33.8 Å². The van der Waals surface area contributed by atoms with E-state index in [4.69, 9.17) is 9.47 Å². The van der Waals surface area contributed by atoms with Gasteiger partial charge in [-0.3, -0.25) is 4.99 Å². The number of hydrogen-bond acceptors (Lipinski definition) is 3. The molecule has 0 aromatic heterocycles. The Hall–Kier alpha value is -0.0800. The molecule has 1 N–H and O–H groups in total. The number of halogens is 1. The Bertz CT molecular complexity index is 420. The van der Waals surface area contributed by atoms with Gasteiger partial charge in [-0.15, -0.1) is 24.0 Å². The molecule has 3 saturated heterocycles. The molecule has 6 heteroatoms. The van der Waals surface area contributed by atoms with E-state index in [1.54, 1.807) is 7.11 Å². The fourth-order valence-electron chi connectivity index (χ4n) is 4.39. The molecule has 5 atom stereocenters. The zero-order valence-electron chi connectivity index (χ0n) is 15.0. The highest BCUT2D eigenvalue weighted by atomic mass is 127. The largest absolute Gasteiger partial charge is 0.379 e. The molecule has 3 aliphatic rings. The van der Waals surface area contributed by atoms with Crippen molar-refractivity contribution in [2.24, 2.45) is 22.2 Å². The van der Waals surface area contributed by atoms with Crippen LogP contribution in [-0.2, 0) is 9.47 Å². The van der Waals surface area contributed by atoms with E-state index < -0.39 is 0 Å². The average molecular weight is 437 g/mol. The van der Waals surface area contributed by atoms with Crippen LogP contribution in [0.2, 0.25) is 0 Å². The van der Waals surface area contributed by atoms with E-state index >= 15 is 0 Å². The molecule has 134 valence electrons. The van der Waals surface area contributed by atoms with Gasteiger partial charge in [0.1, 0.15) is 0 Å². The maximum atomic E-state index is 6.05. The highest BCUT2D eigenvalue weighted by Gasteiger charge is 2.53. The van der Waals surface area contributed by atoms with Gasteiger partial charge in [0.2, 0.25) is 0 Å². The summed E-state index contributed by atoms with van der Waals surface area (Å²) in [5.74, 6) is 2.43. The Morgan fingerprint density at radius 3 is 2.26 bits per heavy atom. The first-order valence-corrected chi connectivity index (χ1v) is 8.58. The fraction of sp³-hybridized carbons (Fsp3) is 0.941. The number of hydrogen-bond donors (Lipinski definition) is 1. The molecule has 3 aliphatic heterocycles.